The van der Waals surface area contributed by atoms with Gasteiger partial charge < -0.3 is 0 Å². The van der Waals surface area contributed by atoms with Crippen LogP contribution in [-0.4, -0.2) is 15.6 Å². The zero-order chi connectivity index (χ0) is 11.5. The third kappa shape index (κ3) is 2.31. The van der Waals surface area contributed by atoms with E-state index in [4.69, 9.17) is 11.6 Å². The summed E-state index contributed by atoms with van der Waals surface area (Å²) >= 11 is 5.95. The molecule has 16 heavy (non-hydrogen) atoms. The van der Waals surface area contributed by atoms with Gasteiger partial charge in [-0.2, -0.15) is 5.10 Å². The average molecular weight is 235 g/mol. The number of hydrogen-bond acceptors (Lipinski definition) is 2. The fraction of sp³-hybridized carbons (Fsp3) is 0.167. The predicted molar refractivity (Wildman–Crippen MR) is 62.7 cm³/mol. The minimum absolute atomic E-state index is 0.0126. The second-order valence-corrected chi connectivity index (χ2v) is 4.01. The number of hydrogen-bond donors (Lipinski definition) is 0. The summed E-state index contributed by atoms with van der Waals surface area (Å²) in [7, 11) is 1.82. The van der Waals surface area contributed by atoms with E-state index < -0.39 is 0 Å². The second kappa shape index (κ2) is 4.49. The molecule has 0 bridgehead atoms. The first-order chi connectivity index (χ1) is 7.66. The quantitative estimate of drug-likeness (QED) is 0.765. The Kier molecular flexibility index (Phi) is 3.06. The van der Waals surface area contributed by atoms with Crippen molar-refractivity contribution in [2.45, 2.75) is 6.42 Å². The lowest BCUT2D eigenvalue weighted by molar-refractivity contribution is 0.0993. The van der Waals surface area contributed by atoms with Crippen LogP contribution >= 0.6 is 11.6 Å². The number of carbonyl (C=O) groups is 1. The normalized spacial score (nSPS) is 10.4. The summed E-state index contributed by atoms with van der Waals surface area (Å²) in [5.74, 6) is 0.0126. The third-order valence-electron chi connectivity index (χ3n) is 2.30. The third-order valence-corrected chi connectivity index (χ3v) is 2.63. The molecule has 0 N–H and O–H groups in total. The smallest absolute Gasteiger partial charge is 0.168 e. The van der Waals surface area contributed by atoms with Gasteiger partial charge in [0.25, 0.3) is 0 Å². The minimum atomic E-state index is 0.0126. The monoisotopic (exact) mass is 234 g/mol. The van der Waals surface area contributed by atoms with E-state index in [1.165, 1.54) is 0 Å². The zero-order valence-corrected chi connectivity index (χ0v) is 9.61. The highest BCUT2D eigenvalue weighted by atomic mass is 35.5. The number of carbonyl (C=O) groups excluding carboxylic acids is 1. The van der Waals surface area contributed by atoms with Gasteiger partial charge in [-0.1, -0.05) is 23.7 Å². The van der Waals surface area contributed by atoms with E-state index in [0.29, 0.717) is 17.0 Å². The Balaban J connectivity index is 2.18. The molecule has 0 fully saturated rings. The predicted octanol–water partition coefficient (Wildman–Crippen LogP) is 2.50. The van der Waals surface area contributed by atoms with Gasteiger partial charge in [0.1, 0.15) is 0 Å². The molecule has 0 aliphatic carbocycles. The lowest BCUT2D eigenvalue weighted by Gasteiger charge is -2.01. The summed E-state index contributed by atoms with van der Waals surface area (Å²) < 4.78 is 1.68. The van der Waals surface area contributed by atoms with Crippen molar-refractivity contribution in [3.63, 3.8) is 0 Å². The van der Waals surface area contributed by atoms with E-state index >= 15 is 0 Å². The molecular formula is C12H11ClN2O. The fourth-order valence-electron chi connectivity index (χ4n) is 1.53. The van der Waals surface area contributed by atoms with Gasteiger partial charge in [0, 0.05) is 25.2 Å². The molecule has 2 rings (SSSR count). The van der Waals surface area contributed by atoms with Gasteiger partial charge in [-0.25, -0.2) is 0 Å². The van der Waals surface area contributed by atoms with Crippen LogP contribution in [-0.2, 0) is 13.5 Å². The zero-order valence-electron chi connectivity index (χ0n) is 8.85. The second-order valence-electron chi connectivity index (χ2n) is 3.60. The van der Waals surface area contributed by atoms with Gasteiger partial charge >= 0.3 is 0 Å². The first-order valence-corrected chi connectivity index (χ1v) is 5.30. The fourth-order valence-corrected chi connectivity index (χ4v) is 1.77. The molecule has 0 aliphatic heterocycles. The Morgan fingerprint density at radius 1 is 1.44 bits per heavy atom. The topological polar surface area (TPSA) is 34.9 Å². The standard InChI is InChI=1S/C12H11ClN2O/c1-15-8-9(7-14-15)6-12(16)10-4-2-3-5-11(10)13/h2-5,7-8H,6H2,1H3. The molecule has 2 aromatic rings. The molecule has 82 valence electrons. The largest absolute Gasteiger partial charge is 0.294 e. The first-order valence-electron chi connectivity index (χ1n) is 4.92. The van der Waals surface area contributed by atoms with Crippen molar-refractivity contribution in [3.05, 3.63) is 52.8 Å². The van der Waals surface area contributed by atoms with Crippen LogP contribution in [0.2, 0.25) is 5.02 Å². The number of rotatable bonds is 3. The van der Waals surface area contributed by atoms with Gasteiger partial charge in [-0.05, 0) is 17.7 Å². The summed E-state index contributed by atoms with van der Waals surface area (Å²) in [5.41, 5.74) is 1.46. The van der Waals surface area contributed by atoms with Crippen LogP contribution in [0.1, 0.15) is 15.9 Å². The summed E-state index contributed by atoms with van der Waals surface area (Å²) in [5, 5.41) is 4.51. The van der Waals surface area contributed by atoms with Gasteiger partial charge in [0.05, 0.1) is 11.2 Å². The summed E-state index contributed by atoms with van der Waals surface area (Å²) in [6.07, 6.45) is 3.85. The molecule has 0 unspecified atom stereocenters. The molecule has 0 amide bonds. The molecule has 3 nitrogen and oxygen atoms in total. The van der Waals surface area contributed by atoms with Gasteiger partial charge in [0.2, 0.25) is 0 Å². The molecule has 4 heteroatoms. The maximum atomic E-state index is 11.9. The number of Topliss-reactive ketones (excluding diaryl/α,β-unsaturated/α-hetero) is 1. The van der Waals surface area contributed by atoms with Crippen LogP contribution in [0.3, 0.4) is 0 Å². The number of nitrogens with zero attached hydrogens (tertiary/aromatic N) is 2. The van der Waals surface area contributed by atoms with Crippen LogP contribution in [0.25, 0.3) is 0 Å². The van der Waals surface area contributed by atoms with Crippen molar-refractivity contribution in [2.24, 2.45) is 7.05 Å². The lowest BCUT2D eigenvalue weighted by atomic mass is 10.1. The maximum Gasteiger partial charge on any atom is 0.168 e. The van der Waals surface area contributed by atoms with Crippen molar-refractivity contribution in [3.8, 4) is 0 Å². The Hall–Kier alpha value is -1.61. The van der Waals surface area contributed by atoms with Crippen molar-refractivity contribution in [2.75, 3.05) is 0 Å². The van der Waals surface area contributed by atoms with Gasteiger partial charge in [-0.15, -0.1) is 0 Å². The average Bonchev–Trinajstić information content (AvgIpc) is 2.64. The number of ketones is 1. The number of benzene rings is 1. The minimum Gasteiger partial charge on any atom is -0.294 e. The SMILES string of the molecule is Cn1cc(CC(=O)c2ccccc2Cl)cn1. The molecular weight excluding hydrogens is 224 g/mol. The van der Waals surface area contributed by atoms with E-state index in [-0.39, 0.29) is 5.78 Å². The molecule has 0 atom stereocenters. The van der Waals surface area contributed by atoms with E-state index in [1.807, 2.05) is 25.4 Å². The molecule has 0 radical (unpaired) electrons. The Morgan fingerprint density at radius 2 is 2.19 bits per heavy atom. The Morgan fingerprint density at radius 3 is 2.81 bits per heavy atom. The molecule has 0 aliphatic rings. The molecule has 0 saturated heterocycles. The summed E-state index contributed by atoms with van der Waals surface area (Å²) in [4.78, 5) is 11.9. The van der Waals surface area contributed by atoms with E-state index in [1.54, 1.807) is 23.0 Å². The van der Waals surface area contributed by atoms with Gasteiger partial charge in [0.15, 0.2) is 5.78 Å². The maximum absolute atomic E-state index is 11.9. The molecule has 0 spiro atoms. The molecule has 1 heterocycles. The number of aryl methyl sites for hydroxylation is 1. The summed E-state index contributed by atoms with van der Waals surface area (Å²) in [6, 6.07) is 7.07. The first kappa shape index (κ1) is 10.9. The van der Waals surface area contributed by atoms with E-state index in [0.717, 1.165) is 5.56 Å². The molecule has 0 saturated carbocycles. The van der Waals surface area contributed by atoms with Crippen LogP contribution < -0.4 is 0 Å². The highest BCUT2D eigenvalue weighted by Gasteiger charge is 2.11. The van der Waals surface area contributed by atoms with Crippen molar-refractivity contribution < 1.29 is 4.79 Å². The van der Waals surface area contributed by atoms with Crippen LogP contribution in [0, 0.1) is 0 Å². The highest BCUT2D eigenvalue weighted by molar-refractivity contribution is 6.34. The summed E-state index contributed by atoms with van der Waals surface area (Å²) in [6.45, 7) is 0. The molecule has 1 aromatic heterocycles. The van der Waals surface area contributed by atoms with Crippen molar-refractivity contribution in [1.82, 2.24) is 9.78 Å². The number of halogens is 1. The van der Waals surface area contributed by atoms with Gasteiger partial charge in [-0.3, -0.25) is 9.48 Å². The number of aromatic nitrogens is 2. The Labute approximate surface area is 98.7 Å². The van der Waals surface area contributed by atoms with Crippen LogP contribution in [0.4, 0.5) is 0 Å². The van der Waals surface area contributed by atoms with Crippen LogP contribution in [0.5, 0.6) is 0 Å². The van der Waals surface area contributed by atoms with Crippen molar-refractivity contribution >= 4 is 17.4 Å². The van der Waals surface area contributed by atoms with E-state index in [9.17, 15) is 4.79 Å². The van der Waals surface area contributed by atoms with E-state index in [2.05, 4.69) is 5.10 Å². The van der Waals surface area contributed by atoms with Crippen molar-refractivity contribution in [1.29, 1.82) is 0 Å². The van der Waals surface area contributed by atoms with Crippen LogP contribution in [0.15, 0.2) is 36.7 Å². The molecule has 1 aromatic carbocycles. The highest BCUT2D eigenvalue weighted by Crippen LogP contribution is 2.17. The lowest BCUT2D eigenvalue weighted by Crippen LogP contribution is -2.03. The Bertz CT molecular complexity index is 519.